The third-order valence-corrected chi connectivity index (χ3v) is 13.3. The van der Waals surface area contributed by atoms with Gasteiger partial charge in [-0.1, -0.05) is 158 Å². The fraction of sp³-hybridized carbons (Fsp3) is 0.0312. The summed E-state index contributed by atoms with van der Waals surface area (Å²) >= 11 is 0. The van der Waals surface area contributed by atoms with Gasteiger partial charge in [0, 0.05) is 27.1 Å². The van der Waals surface area contributed by atoms with Crippen molar-refractivity contribution in [3.8, 4) is 56.6 Å². The molecule has 0 aliphatic heterocycles. The smallest absolute Gasteiger partial charge is 0.308 e. The molecule has 0 unspecified atom stereocenters. The van der Waals surface area contributed by atoms with Gasteiger partial charge in [0.25, 0.3) is 0 Å². The van der Waals surface area contributed by atoms with E-state index in [4.69, 9.17) is 6.58 Å². The van der Waals surface area contributed by atoms with E-state index in [1.807, 2.05) is 124 Å². The lowest BCUT2D eigenvalue weighted by atomic mass is 9.94. The monoisotopic (exact) mass is 922 g/mol. The van der Waals surface area contributed by atoms with Gasteiger partial charge in [-0.15, -0.1) is 0 Å². The molecule has 0 fully saturated rings. The number of rotatable bonds is 9. The summed E-state index contributed by atoms with van der Waals surface area (Å²) in [6, 6.07) is 73.1. The molecule has 11 rings (SSSR count). The molecule has 338 valence electrons. The summed E-state index contributed by atoms with van der Waals surface area (Å²) in [6.45, 7) is 6.48. The van der Waals surface area contributed by atoms with E-state index in [2.05, 4.69) is 91.0 Å². The number of allylic oxidation sites excluding steroid dienone is 5. The van der Waals surface area contributed by atoms with E-state index in [0.29, 0.717) is 17.0 Å². The van der Waals surface area contributed by atoms with Crippen LogP contribution in [-0.4, -0.2) is 9.13 Å². The Kier molecular flexibility index (Phi) is 11.1. The molecule has 7 heteroatoms. The normalized spacial score (nSPS) is 12.3. The summed E-state index contributed by atoms with van der Waals surface area (Å²) in [4.78, 5) is 0. The highest BCUT2D eigenvalue weighted by atomic mass is 19.4. The lowest BCUT2D eigenvalue weighted by Crippen LogP contribution is -2.10. The third-order valence-electron chi connectivity index (χ3n) is 13.3. The topological polar surface area (TPSA) is 57.4 Å². The molecule has 4 nitrogen and oxygen atoms in total. The lowest BCUT2D eigenvalue weighted by Gasteiger charge is -2.22. The van der Waals surface area contributed by atoms with Crippen LogP contribution in [0.1, 0.15) is 23.6 Å². The van der Waals surface area contributed by atoms with Crippen LogP contribution >= 0.6 is 0 Å². The van der Waals surface area contributed by atoms with Gasteiger partial charge >= 0.3 is 6.18 Å². The molecule has 0 atom stereocenters. The van der Waals surface area contributed by atoms with Crippen molar-refractivity contribution in [2.45, 2.75) is 13.1 Å². The summed E-state index contributed by atoms with van der Waals surface area (Å²) in [6.07, 6.45) is -3.05. The number of hydrogen-bond donors (Lipinski definition) is 0. The van der Waals surface area contributed by atoms with Gasteiger partial charge in [0.1, 0.15) is 11.6 Å². The maximum atomic E-state index is 14.8. The van der Waals surface area contributed by atoms with Crippen LogP contribution in [-0.2, 0) is 6.18 Å². The molecule has 0 bridgehead atoms. The molecule has 0 amide bonds. The molecular formula is C64H41F3N4. The Hall–Kier alpha value is -9.43. The summed E-state index contributed by atoms with van der Waals surface area (Å²) < 4.78 is 48.3. The van der Waals surface area contributed by atoms with Crippen molar-refractivity contribution < 1.29 is 13.2 Å². The molecule has 2 aromatic heterocycles. The third kappa shape index (κ3) is 7.86. The zero-order valence-corrected chi connectivity index (χ0v) is 38.4. The predicted molar refractivity (Wildman–Crippen MR) is 285 cm³/mol. The van der Waals surface area contributed by atoms with E-state index in [9.17, 15) is 23.7 Å². The number of hydrogen-bond acceptors (Lipinski definition) is 2. The summed E-state index contributed by atoms with van der Waals surface area (Å²) in [5.41, 5.74) is 11.1. The number of alkyl halides is 3. The molecule has 2 heterocycles. The standard InChI is InChI=1S/C64H41F3N4/c1-3-53(51-32-42(39-68)33-52(34-51)64(65,66)67)63(71-61-30-26-49(45-20-12-6-13-21-45)37-56(61)57-38-50(27-31-62(57)71)46-22-14-7-15-23-46)58(40-69)41(2)70-59-28-24-47(43-16-8-4-9-17-43)35-54(59)55-36-48(25-29-60(55)70)44-18-10-5-11-19-44/h3-38H,2H2,1H3/b53-3-,63-58+. The van der Waals surface area contributed by atoms with Crippen molar-refractivity contribution in [2.75, 3.05) is 0 Å². The SMILES string of the molecule is C=C(/C(C#N)=C(\C(=C/C)c1cc(C#N)cc(C(F)(F)F)c1)n1c2ccc(-c3ccccc3)cc2c2cc(-c3ccccc3)ccc21)n1c2ccc(-c3ccccc3)cc2c2cc(-c3ccccc3)ccc21. The fourth-order valence-corrected chi connectivity index (χ4v) is 10.0. The first kappa shape index (κ1) is 44.1. The minimum absolute atomic E-state index is 0.116. The van der Waals surface area contributed by atoms with E-state index < -0.39 is 11.7 Å². The van der Waals surface area contributed by atoms with Gasteiger partial charge in [-0.3, -0.25) is 0 Å². The summed E-state index contributed by atoms with van der Waals surface area (Å²) in [5, 5.41) is 25.6. The highest BCUT2D eigenvalue weighted by molar-refractivity contribution is 6.19. The largest absolute Gasteiger partial charge is 0.416 e. The Bertz CT molecular complexity index is 3860. The van der Waals surface area contributed by atoms with Crippen LogP contribution < -0.4 is 0 Å². The molecule has 0 saturated carbocycles. The van der Waals surface area contributed by atoms with Gasteiger partial charge in [0.05, 0.1) is 50.7 Å². The first-order valence-corrected chi connectivity index (χ1v) is 23.2. The average molecular weight is 923 g/mol. The van der Waals surface area contributed by atoms with Crippen LogP contribution in [0.2, 0.25) is 0 Å². The van der Waals surface area contributed by atoms with Crippen molar-refractivity contribution in [1.82, 2.24) is 9.13 Å². The summed E-state index contributed by atoms with van der Waals surface area (Å²) in [5.74, 6) is 0. The number of nitriles is 2. The van der Waals surface area contributed by atoms with Crippen LogP contribution in [0.15, 0.2) is 231 Å². The maximum absolute atomic E-state index is 14.8. The highest BCUT2D eigenvalue weighted by Gasteiger charge is 2.33. The van der Waals surface area contributed by atoms with Crippen LogP contribution in [0, 0.1) is 22.7 Å². The van der Waals surface area contributed by atoms with E-state index >= 15 is 0 Å². The van der Waals surface area contributed by atoms with Crippen molar-refractivity contribution in [2.24, 2.45) is 0 Å². The van der Waals surface area contributed by atoms with Crippen LogP contribution in [0.3, 0.4) is 0 Å². The Balaban J connectivity index is 1.25. The number of benzene rings is 9. The summed E-state index contributed by atoms with van der Waals surface area (Å²) in [7, 11) is 0. The zero-order valence-electron chi connectivity index (χ0n) is 38.4. The second-order valence-corrected chi connectivity index (χ2v) is 17.5. The van der Waals surface area contributed by atoms with E-state index in [1.54, 1.807) is 13.0 Å². The number of aromatic nitrogens is 2. The first-order valence-electron chi connectivity index (χ1n) is 23.2. The minimum atomic E-state index is -4.76. The molecule has 71 heavy (non-hydrogen) atoms. The molecule has 0 aliphatic rings. The first-order chi connectivity index (χ1) is 34.6. The van der Waals surface area contributed by atoms with Crippen molar-refractivity contribution in [3.63, 3.8) is 0 Å². The number of nitrogens with zero attached hydrogens (tertiary/aromatic N) is 4. The molecule has 0 radical (unpaired) electrons. The lowest BCUT2D eigenvalue weighted by molar-refractivity contribution is -0.137. The van der Waals surface area contributed by atoms with Gasteiger partial charge in [0.2, 0.25) is 0 Å². The van der Waals surface area contributed by atoms with Gasteiger partial charge < -0.3 is 9.13 Å². The predicted octanol–water partition coefficient (Wildman–Crippen LogP) is 17.5. The quantitative estimate of drug-likeness (QED) is 0.107. The second-order valence-electron chi connectivity index (χ2n) is 17.5. The Morgan fingerprint density at radius 2 is 0.831 bits per heavy atom. The Labute approximate surface area is 408 Å². The molecular weight excluding hydrogens is 882 g/mol. The number of fused-ring (bicyclic) bond motifs is 6. The van der Waals surface area contributed by atoms with Crippen molar-refractivity contribution in [3.05, 3.63) is 247 Å². The van der Waals surface area contributed by atoms with Gasteiger partial charge in [0.15, 0.2) is 0 Å². The Morgan fingerprint density at radius 3 is 1.15 bits per heavy atom. The van der Waals surface area contributed by atoms with Crippen LogP contribution in [0.4, 0.5) is 13.2 Å². The van der Waals surface area contributed by atoms with E-state index in [0.717, 1.165) is 100 Å². The molecule has 0 N–H and O–H groups in total. The fourth-order valence-electron chi connectivity index (χ4n) is 10.0. The Morgan fingerprint density at radius 1 is 0.465 bits per heavy atom. The molecule has 0 aliphatic carbocycles. The molecule has 0 saturated heterocycles. The van der Waals surface area contributed by atoms with Crippen LogP contribution in [0.25, 0.3) is 105 Å². The highest BCUT2D eigenvalue weighted by Crippen LogP contribution is 2.46. The average Bonchev–Trinajstić information content (AvgIpc) is 3.92. The molecule has 11 aromatic rings. The number of halogens is 3. The van der Waals surface area contributed by atoms with Gasteiger partial charge in [-0.2, -0.15) is 23.7 Å². The second kappa shape index (κ2) is 17.9. The minimum Gasteiger partial charge on any atom is -0.308 e. The van der Waals surface area contributed by atoms with Gasteiger partial charge in [-0.05, 0) is 124 Å². The van der Waals surface area contributed by atoms with Gasteiger partial charge in [-0.25, -0.2) is 0 Å². The molecule has 9 aromatic carbocycles. The molecule has 0 spiro atoms. The van der Waals surface area contributed by atoms with E-state index in [1.165, 1.54) is 6.07 Å². The van der Waals surface area contributed by atoms with Crippen molar-refractivity contribution in [1.29, 1.82) is 10.5 Å². The van der Waals surface area contributed by atoms with Crippen molar-refractivity contribution >= 4 is 60.6 Å². The van der Waals surface area contributed by atoms with E-state index in [-0.39, 0.29) is 16.7 Å². The van der Waals surface area contributed by atoms with Crippen LogP contribution in [0.5, 0.6) is 0 Å². The zero-order chi connectivity index (χ0) is 48.8. The maximum Gasteiger partial charge on any atom is 0.416 e.